The molecule has 0 radical (unpaired) electrons. The van der Waals surface area contributed by atoms with Crippen molar-refractivity contribution < 1.29 is 24.1 Å². The zero-order chi connectivity index (χ0) is 24.2. The average molecular weight is 479 g/mol. The molecule has 3 aromatic rings. The van der Waals surface area contributed by atoms with Gasteiger partial charge in [0.15, 0.2) is 23.0 Å². The number of rotatable bonds is 7. The molecule has 3 heterocycles. The molecule has 1 aromatic heterocycles. The predicted molar refractivity (Wildman–Crippen MR) is 131 cm³/mol. The molecular weight excluding hydrogens is 448 g/mol. The Morgan fingerprint density at radius 3 is 2.49 bits per heavy atom. The number of para-hydroxylation sites is 2. The smallest absolute Gasteiger partial charge is 0.229 e. The summed E-state index contributed by atoms with van der Waals surface area (Å²) in [6.07, 6.45) is 0.784. The number of phenols is 1. The number of benzene rings is 2. The van der Waals surface area contributed by atoms with E-state index in [0.717, 1.165) is 42.9 Å². The van der Waals surface area contributed by atoms with E-state index in [1.54, 1.807) is 20.3 Å². The standard InChI is InChI=1S/C26H30N4O5/c1-32-22-5-3-4-6-23(22)35-25-19-17-29(16-18-7-8-21(31)24(15-18)33-2)10-9-20(19)27-26(28-25)30-11-13-34-14-12-30/h3-8,15,31H,9-14,16-17H2,1-2H3. The lowest BCUT2D eigenvalue weighted by Gasteiger charge is -2.32. The Balaban J connectivity index is 1.45. The van der Waals surface area contributed by atoms with E-state index in [1.165, 1.54) is 0 Å². The van der Waals surface area contributed by atoms with Crippen LogP contribution in [0.2, 0.25) is 0 Å². The van der Waals surface area contributed by atoms with Crippen LogP contribution in [0.3, 0.4) is 0 Å². The first kappa shape index (κ1) is 23.2. The number of methoxy groups -OCH3 is 2. The maximum absolute atomic E-state index is 9.93. The molecule has 0 aliphatic carbocycles. The minimum Gasteiger partial charge on any atom is -0.504 e. The Morgan fingerprint density at radius 1 is 0.943 bits per heavy atom. The van der Waals surface area contributed by atoms with Crippen LogP contribution >= 0.6 is 0 Å². The number of aromatic hydroxyl groups is 1. The topological polar surface area (TPSA) is 89.4 Å². The van der Waals surface area contributed by atoms with Gasteiger partial charge in [-0.25, -0.2) is 4.98 Å². The second-order valence-electron chi connectivity index (χ2n) is 8.57. The van der Waals surface area contributed by atoms with Crippen molar-refractivity contribution in [3.8, 4) is 28.9 Å². The first-order chi connectivity index (χ1) is 17.1. The van der Waals surface area contributed by atoms with E-state index in [0.29, 0.717) is 55.4 Å². The third-order valence-electron chi connectivity index (χ3n) is 6.31. The average Bonchev–Trinajstić information content (AvgIpc) is 2.90. The molecule has 0 bridgehead atoms. The van der Waals surface area contributed by atoms with Gasteiger partial charge in [-0.15, -0.1) is 0 Å². The van der Waals surface area contributed by atoms with Gasteiger partial charge in [0.25, 0.3) is 0 Å². The van der Waals surface area contributed by atoms with Crippen LogP contribution in [0.15, 0.2) is 42.5 Å². The molecule has 2 aliphatic heterocycles. The molecule has 9 heteroatoms. The molecule has 9 nitrogen and oxygen atoms in total. The first-order valence-electron chi connectivity index (χ1n) is 11.8. The number of hydrogen-bond donors (Lipinski definition) is 1. The Bertz CT molecular complexity index is 1180. The molecule has 0 unspecified atom stereocenters. The van der Waals surface area contributed by atoms with Crippen LogP contribution in [0.4, 0.5) is 5.95 Å². The molecule has 5 rings (SSSR count). The summed E-state index contributed by atoms with van der Waals surface area (Å²) in [6, 6.07) is 13.0. The summed E-state index contributed by atoms with van der Waals surface area (Å²) < 4.78 is 22.7. The van der Waals surface area contributed by atoms with Gasteiger partial charge in [0.1, 0.15) is 0 Å². The summed E-state index contributed by atoms with van der Waals surface area (Å²) in [4.78, 5) is 14.3. The number of anilines is 1. The van der Waals surface area contributed by atoms with E-state index in [2.05, 4.69) is 9.80 Å². The van der Waals surface area contributed by atoms with Gasteiger partial charge in [0.05, 0.1) is 38.7 Å². The second kappa shape index (κ2) is 10.4. The van der Waals surface area contributed by atoms with Crippen molar-refractivity contribution in [3.63, 3.8) is 0 Å². The third-order valence-corrected chi connectivity index (χ3v) is 6.31. The fourth-order valence-electron chi connectivity index (χ4n) is 4.44. The maximum Gasteiger partial charge on any atom is 0.229 e. The molecule has 1 N–H and O–H groups in total. The number of nitrogens with zero attached hydrogens (tertiary/aromatic N) is 4. The first-order valence-corrected chi connectivity index (χ1v) is 11.8. The molecule has 184 valence electrons. The van der Waals surface area contributed by atoms with Gasteiger partial charge in [0.2, 0.25) is 11.8 Å². The quantitative estimate of drug-likeness (QED) is 0.549. The number of ether oxygens (including phenoxy) is 4. The van der Waals surface area contributed by atoms with Crippen molar-refractivity contribution in [2.45, 2.75) is 19.5 Å². The summed E-state index contributed by atoms with van der Waals surface area (Å²) in [5.41, 5.74) is 3.04. The highest BCUT2D eigenvalue weighted by molar-refractivity contribution is 5.47. The van der Waals surface area contributed by atoms with Crippen LogP contribution in [-0.4, -0.2) is 67.0 Å². The predicted octanol–water partition coefficient (Wildman–Crippen LogP) is 3.39. The van der Waals surface area contributed by atoms with Gasteiger partial charge < -0.3 is 29.0 Å². The number of aromatic nitrogens is 2. The van der Waals surface area contributed by atoms with Crippen LogP contribution in [0.1, 0.15) is 16.8 Å². The zero-order valence-corrected chi connectivity index (χ0v) is 20.1. The van der Waals surface area contributed by atoms with E-state index >= 15 is 0 Å². The van der Waals surface area contributed by atoms with Crippen LogP contribution in [0, 0.1) is 0 Å². The van der Waals surface area contributed by atoms with Crippen molar-refractivity contribution in [2.75, 3.05) is 52.0 Å². The van der Waals surface area contributed by atoms with Crippen molar-refractivity contribution in [3.05, 3.63) is 59.3 Å². The number of fused-ring (bicyclic) bond motifs is 1. The molecule has 0 amide bonds. The molecule has 1 saturated heterocycles. The highest BCUT2D eigenvalue weighted by Crippen LogP contribution is 2.36. The summed E-state index contributed by atoms with van der Waals surface area (Å²) in [6.45, 7) is 5.02. The van der Waals surface area contributed by atoms with Gasteiger partial charge in [-0.05, 0) is 29.8 Å². The van der Waals surface area contributed by atoms with Crippen molar-refractivity contribution in [2.24, 2.45) is 0 Å². The summed E-state index contributed by atoms with van der Waals surface area (Å²) in [5.74, 6) is 3.10. The summed E-state index contributed by atoms with van der Waals surface area (Å²) in [7, 11) is 3.19. The summed E-state index contributed by atoms with van der Waals surface area (Å²) >= 11 is 0. The normalized spacial score (nSPS) is 16.0. The molecule has 0 spiro atoms. The molecule has 1 fully saturated rings. The third kappa shape index (κ3) is 5.11. The molecule has 0 atom stereocenters. The lowest BCUT2D eigenvalue weighted by Crippen LogP contribution is -2.38. The van der Waals surface area contributed by atoms with Gasteiger partial charge in [-0.3, -0.25) is 4.90 Å². The summed E-state index contributed by atoms with van der Waals surface area (Å²) in [5, 5.41) is 9.93. The van der Waals surface area contributed by atoms with Crippen LogP contribution in [-0.2, 0) is 24.2 Å². The lowest BCUT2D eigenvalue weighted by atomic mass is 10.1. The molecular formula is C26H30N4O5. The lowest BCUT2D eigenvalue weighted by molar-refractivity contribution is 0.122. The maximum atomic E-state index is 9.93. The van der Waals surface area contributed by atoms with E-state index < -0.39 is 0 Å². The van der Waals surface area contributed by atoms with E-state index in [1.807, 2.05) is 36.4 Å². The Labute approximate surface area is 204 Å². The molecule has 2 aromatic carbocycles. The fraction of sp³-hybridized carbons (Fsp3) is 0.385. The van der Waals surface area contributed by atoms with Gasteiger partial charge in [-0.2, -0.15) is 4.98 Å². The molecule has 0 saturated carbocycles. The van der Waals surface area contributed by atoms with Crippen molar-refractivity contribution >= 4 is 5.95 Å². The van der Waals surface area contributed by atoms with Crippen LogP contribution in [0.5, 0.6) is 28.9 Å². The Kier molecular flexibility index (Phi) is 6.87. The second-order valence-corrected chi connectivity index (χ2v) is 8.57. The van der Waals surface area contributed by atoms with Crippen LogP contribution < -0.4 is 19.1 Å². The number of morpholine rings is 1. The zero-order valence-electron chi connectivity index (χ0n) is 20.1. The minimum absolute atomic E-state index is 0.136. The SMILES string of the molecule is COc1cc(CN2CCc3nc(N4CCOCC4)nc(Oc4ccccc4OC)c3C2)ccc1O. The van der Waals surface area contributed by atoms with Crippen molar-refractivity contribution in [1.82, 2.24) is 14.9 Å². The Hall–Kier alpha value is -3.56. The fourth-order valence-corrected chi connectivity index (χ4v) is 4.44. The minimum atomic E-state index is 0.136. The van der Waals surface area contributed by atoms with E-state index in [9.17, 15) is 5.11 Å². The highest BCUT2D eigenvalue weighted by Gasteiger charge is 2.27. The van der Waals surface area contributed by atoms with E-state index in [4.69, 9.17) is 28.9 Å². The highest BCUT2D eigenvalue weighted by atomic mass is 16.5. The van der Waals surface area contributed by atoms with Crippen molar-refractivity contribution in [1.29, 1.82) is 0 Å². The van der Waals surface area contributed by atoms with Gasteiger partial charge >= 0.3 is 0 Å². The monoisotopic (exact) mass is 478 g/mol. The number of hydrogen-bond acceptors (Lipinski definition) is 9. The largest absolute Gasteiger partial charge is 0.504 e. The molecule has 35 heavy (non-hydrogen) atoms. The Morgan fingerprint density at radius 2 is 1.71 bits per heavy atom. The number of phenolic OH excluding ortho intramolecular Hbond substituents is 1. The van der Waals surface area contributed by atoms with Gasteiger partial charge in [0, 0.05) is 39.1 Å². The van der Waals surface area contributed by atoms with Crippen LogP contribution in [0.25, 0.3) is 0 Å². The molecule has 2 aliphatic rings. The van der Waals surface area contributed by atoms with Gasteiger partial charge in [-0.1, -0.05) is 18.2 Å². The van der Waals surface area contributed by atoms with E-state index in [-0.39, 0.29) is 5.75 Å².